The average molecular weight is 292 g/mol. The van der Waals surface area contributed by atoms with Crippen molar-refractivity contribution in [3.63, 3.8) is 0 Å². The molecule has 0 aliphatic carbocycles. The quantitative estimate of drug-likeness (QED) is 0.745. The summed E-state index contributed by atoms with van der Waals surface area (Å²) in [6.45, 7) is 4.03. The lowest BCUT2D eigenvalue weighted by Gasteiger charge is -2.21. The second kappa shape index (κ2) is 6.09. The van der Waals surface area contributed by atoms with Crippen LogP contribution >= 0.6 is 0 Å². The van der Waals surface area contributed by atoms with E-state index in [4.69, 9.17) is 0 Å². The third kappa shape index (κ3) is 3.13. The van der Waals surface area contributed by atoms with Crippen LogP contribution in [0.25, 0.3) is 11.0 Å². The second-order valence-electron chi connectivity index (χ2n) is 5.51. The number of anilines is 1. The van der Waals surface area contributed by atoms with Gasteiger partial charge in [0.05, 0.1) is 23.9 Å². The molecule has 21 heavy (non-hydrogen) atoms. The fourth-order valence-corrected chi connectivity index (χ4v) is 2.37. The Kier molecular flexibility index (Phi) is 4.42. The molecular weight excluding hydrogens is 272 g/mol. The monoisotopic (exact) mass is 292 g/mol. The summed E-state index contributed by atoms with van der Waals surface area (Å²) in [5.74, 6) is -0.675. The number of aliphatic hydroxyl groups excluding tert-OH is 1. The van der Waals surface area contributed by atoms with Crippen LogP contribution < -0.4 is 5.32 Å². The molecule has 2 aromatic heterocycles. The third-order valence-corrected chi connectivity index (χ3v) is 3.32. The van der Waals surface area contributed by atoms with Gasteiger partial charge in [0.15, 0.2) is 5.65 Å². The highest BCUT2D eigenvalue weighted by Crippen LogP contribution is 2.27. The minimum atomic E-state index is -1.06. The van der Waals surface area contributed by atoms with Gasteiger partial charge in [0.2, 0.25) is 0 Å². The number of nitrogens with one attached hydrogen (secondary N) is 1. The molecule has 3 N–H and O–H groups in total. The molecule has 2 rings (SSSR count). The standard InChI is InChI=1S/C14H20N4O3/c1-8(2)4-9(7-19)17-12-10-6-16-18(3)13(10)15-5-11(12)14(20)21/h5-6,8-9,19H,4,7H2,1-3H3,(H,15,17)(H,20,21). The van der Waals surface area contributed by atoms with E-state index in [1.165, 1.54) is 6.20 Å². The van der Waals surface area contributed by atoms with E-state index in [0.717, 1.165) is 6.42 Å². The van der Waals surface area contributed by atoms with Crippen LogP contribution in [-0.4, -0.2) is 43.6 Å². The van der Waals surface area contributed by atoms with E-state index in [-0.39, 0.29) is 18.2 Å². The molecule has 7 nitrogen and oxygen atoms in total. The fraction of sp³-hybridized carbons (Fsp3) is 0.500. The lowest BCUT2D eigenvalue weighted by Crippen LogP contribution is -2.26. The van der Waals surface area contributed by atoms with Gasteiger partial charge in [-0.25, -0.2) is 9.78 Å². The van der Waals surface area contributed by atoms with Crippen molar-refractivity contribution < 1.29 is 15.0 Å². The number of aromatic carboxylic acids is 1. The van der Waals surface area contributed by atoms with Gasteiger partial charge >= 0.3 is 5.97 Å². The van der Waals surface area contributed by atoms with Crippen LogP contribution in [0.5, 0.6) is 0 Å². The molecule has 1 unspecified atom stereocenters. The summed E-state index contributed by atoms with van der Waals surface area (Å²) in [5.41, 5.74) is 1.14. The molecule has 0 bridgehead atoms. The zero-order valence-electron chi connectivity index (χ0n) is 12.4. The SMILES string of the molecule is CC(C)CC(CO)Nc1c(C(=O)O)cnc2c1cnn2C. The fourth-order valence-electron chi connectivity index (χ4n) is 2.37. The summed E-state index contributed by atoms with van der Waals surface area (Å²) in [7, 11) is 1.75. The first kappa shape index (κ1) is 15.2. The summed E-state index contributed by atoms with van der Waals surface area (Å²) in [6.07, 6.45) is 3.64. The molecular formula is C14H20N4O3. The highest BCUT2D eigenvalue weighted by Gasteiger charge is 2.20. The number of carboxylic acids is 1. The highest BCUT2D eigenvalue weighted by atomic mass is 16.4. The van der Waals surface area contributed by atoms with Gasteiger partial charge in [-0.15, -0.1) is 0 Å². The van der Waals surface area contributed by atoms with E-state index in [9.17, 15) is 15.0 Å². The van der Waals surface area contributed by atoms with Crippen molar-refractivity contribution in [1.82, 2.24) is 14.8 Å². The predicted octanol–water partition coefficient (Wildman–Crippen LogP) is 1.49. The molecule has 7 heteroatoms. The third-order valence-electron chi connectivity index (χ3n) is 3.32. The van der Waals surface area contributed by atoms with Crippen LogP contribution in [0.3, 0.4) is 0 Å². The largest absolute Gasteiger partial charge is 0.478 e. The number of aliphatic hydroxyl groups is 1. The Labute approximate surface area is 122 Å². The van der Waals surface area contributed by atoms with Crippen molar-refractivity contribution in [3.8, 4) is 0 Å². The van der Waals surface area contributed by atoms with Crippen LogP contribution in [0, 0.1) is 5.92 Å². The second-order valence-corrected chi connectivity index (χ2v) is 5.51. The van der Waals surface area contributed by atoms with Crippen LogP contribution in [0.4, 0.5) is 5.69 Å². The van der Waals surface area contributed by atoms with Crippen molar-refractivity contribution in [3.05, 3.63) is 18.0 Å². The normalized spacial score (nSPS) is 12.8. The number of carboxylic acid groups (broad SMARTS) is 1. The first-order valence-corrected chi connectivity index (χ1v) is 6.85. The molecule has 0 amide bonds. The minimum Gasteiger partial charge on any atom is -0.478 e. The number of hydrogen-bond donors (Lipinski definition) is 3. The predicted molar refractivity (Wildman–Crippen MR) is 79.4 cm³/mol. The molecule has 2 aromatic rings. The molecule has 0 aliphatic rings. The molecule has 0 radical (unpaired) electrons. The molecule has 0 aromatic carbocycles. The van der Waals surface area contributed by atoms with Crippen LogP contribution in [0.1, 0.15) is 30.6 Å². The summed E-state index contributed by atoms with van der Waals surface area (Å²) >= 11 is 0. The van der Waals surface area contributed by atoms with E-state index >= 15 is 0 Å². The maximum atomic E-state index is 11.4. The molecule has 1 atom stereocenters. The van der Waals surface area contributed by atoms with E-state index < -0.39 is 5.97 Å². The van der Waals surface area contributed by atoms with Gasteiger partial charge in [0, 0.05) is 19.3 Å². The lowest BCUT2D eigenvalue weighted by molar-refractivity contribution is 0.0697. The van der Waals surface area contributed by atoms with E-state index in [2.05, 4.69) is 29.2 Å². The molecule has 2 heterocycles. The van der Waals surface area contributed by atoms with E-state index in [1.54, 1.807) is 17.9 Å². The average Bonchev–Trinajstić information content (AvgIpc) is 2.79. The Bertz CT molecular complexity index is 651. The van der Waals surface area contributed by atoms with Crippen molar-refractivity contribution in [2.75, 3.05) is 11.9 Å². The lowest BCUT2D eigenvalue weighted by atomic mass is 10.0. The van der Waals surface area contributed by atoms with Gasteiger partial charge in [-0.3, -0.25) is 4.68 Å². The zero-order chi connectivity index (χ0) is 15.6. The van der Waals surface area contributed by atoms with Gasteiger partial charge in [-0.2, -0.15) is 5.10 Å². The molecule has 114 valence electrons. The van der Waals surface area contributed by atoms with Crippen LogP contribution in [-0.2, 0) is 7.05 Å². The summed E-state index contributed by atoms with van der Waals surface area (Å²) in [6, 6.07) is -0.214. The topological polar surface area (TPSA) is 100 Å². The molecule has 0 fully saturated rings. The number of carbonyl (C=O) groups is 1. The van der Waals surface area contributed by atoms with Crippen molar-refractivity contribution in [1.29, 1.82) is 0 Å². The van der Waals surface area contributed by atoms with Gasteiger partial charge in [-0.05, 0) is 12.3 Å². The summed E-state index contributed by atoms with van der Waals surface area (Å²) in [4.78, 5) is 15.5. The number of nitrogens with zero attached hydrogens (tertiary/aromatic N) is 3. The molecule has 0 saturated heterocycles. The molecule has 0 saturated carbocycles. The number of fused-ring (bicyclic) bond motifs is 1. The van der Waals surface area contributed by atoms with Gasteiger partial charge in [0.25, 0.3) is 0 Å². The maximum Gasteiger partial charge on any atom is 0.339 e. The Morgan fingerprint density at radius 1 is 1.43 bits per heavy atom. The van der Waals surface area contributed by atoms with E-state index in [0.29, 0.717) is 22.6 Å². The zero-order valence-corrected chi connectivity index (χ0v) is 12.4. The van der Waals surface area contributed by atoms with Crippen molar-refractivity contribution in [2.45, 2.75) is 26.3 Å². The van der Waals surface area contributed by atoms with E-state index in [1.807, 2.05) is 0 Å². The Morgan fingerprint density at radius 3 is 2.71 bits per heavy atom. The Hall–Kier alpha value is -2.15. The first-order chi connectivity index (χ1) is 9.93. The van der Waals surface area contributed by atoms with Gasteiger partial charge < -0.3 is 15.5 Å². The minimum absolute atomic E-state index is 0.0681. The number of pyridine rings is 1. The van der Waals surface area contributed by atoms with Crippen LogP contribution in [0.15, 0.2) is 12.4 Å². The number of hydrogen-bond acceptors (Lipinski definition) is 5. The number of aromatic nitrogens is 3. The Balaban J connectivity index is 2.48. The first-order valence-electron chi connectivity index (χ1n) is 6.85. The smallest absolute Gasteiger partial charge is 0.339 e. The number of rotatable bonds is 6. The maximum absolute atomic E-state index is 11.4. The van der Waals surface area contributed by atoms with Gasteiger partial charge in [0.1, 0.15) is 5.56 Å². The highest BCUT2D eigenvalue weighted by molar-refractivity contribution is 6.03. The summed E-state index contributed by atoms with van der Waals surface area (Å²) in [5, 5.41) is 26.7. The van der Waals surface area contributed by atoms with Crippen molar-refractivity contribution in [2.24, 2.45) is 13.0 Å². The van der Waals surface area contributed by atoms with Gasteiger partial charge in [-0.1, -0.05) is 13.8 Å². The molecule has 0 spiro atoms. The van der Waals surface area contributed by atoms with Crippen molar-refractivity contribution >= 4 is 22.7 Å². The van der Waals surface area contributed by atoms with Crippen LogP contribution in [0.2, 0.25) is 0 Å². The summed E-state index contributed by atoms with van der Waals surface area (Å²) < 4.78 is 1.59. The number of aryl methyl sites for hydroxylation is 1. The molecule has 0 aliphatic heterocycles. The Morgan fingerprint density at radius 2 is 2.14 bits per heavy atom.